The van der Waals surface area contributed by atoms with Crippen LogP contribution in [0.5, 0.6) is 0 Å². The van der Waals surface area contributed by atoms with Gasteiger partial charge in [-0.15, -0.1) is 0 Å². The molecule has 0 heterocycles. The smallest absolute Gasteiger partial charge is 0.0348 e. The Bertz CT molecular complexity index is 202. The molecular weight excluding hydrogens is 218 g/mol. The standard InChI is InChI=1S/C13H27NOS/c1-12(14-2)8-6-7-11-16(15)13-9-4-3-5-10-13/h12-14H,3-11H2,1-2H3. The number of unbranched alkanes of at least 4 members (excludes halogenated alkanes) is 1. The van der Waals surface area contributed by atoms with Crippen molar-refractivity contribution in [1.29, 1.82) is 0 Å². The highest BCUT2D eigenvalue weighted by Gasteiger charge is 2.18. The molecule has 3 heteroatoms. The third kappa shape index (κ3) is 5.44. The largest absolute Gasteiger partial charge is 0.317 e. The second-order valence-corrected chi connectivity index (χ2v) is 6.87. The predicted molar refractivity (Wildman–Crippen MR) is 72.3 cm³/mol. The Morgan fingerprint density at radius 2 is 1.94 bits per heavy atom. The molecular formula is C13H27NOS. The molecule has 1 rings (SSSR count). The summed E-state index contributed by atoms with van der Waals surface area (Å²) >= 11 is 0. The molecule has 0 aliphatic heterocycles. The van der Waals surface area contributed by atoms with Crippen LogP contribution in [0, 0.1) is 0 Å². The molecule has 1 saturated carbocycles. The van der Waals surface area contributed by atoms with Crippen molar-refractivity contribution in [3.8, 4) is 0 Å². The van der Waals surface area contributed by atoms with E-state index in [1.165, 1.54) is 44.9 Å². The number of rotatable bonds is 7. The normalized spacial score (nSPS) is 21.9. The van der Waals surface area contributed by atoms with E-state index in [2.05, 4.69) is 12.2 Å². The summed E-state index contributed by atoms with van der Waals surface area (Å²) in [6.45, 7) is 2.21. The molecule has 1 fully saturated rings. The Hall–Kier alpha value is 0.110. The quantitative estimate of drug-likeness (QED) is 0.699. The molecule has 2 atom stereocenters. The summed E-state index contributed by atoms with van der Waals surface area (Å²) in [6, 6.07) is 0.600. The van der Waals surface area contributed by atoms with Crippen LogP contribution in [0.1, 0.15) is 58.3 Å². The molecule has 0 aromatic heterocycles. The zero-order chi connectivity index (χ0) is 11.8. The average Bonchev–Trinajstić information content (AvgIpc) is 2.35. The highest BCUT2D eigenvalue weighted by molar-refractivity contribution is 7.85. The van der Waals surface area contributed by atoms with Gasteiger partial charge in [-0.05, 0) is 39.7 Å². The molecule has 0 spiro atoms. The van der Waals surface area contributed by atoms with Gasteiger partial charge in [0.2, 0.25) is 0 Å². The summed E-state index contributed by atoms with van der Waals surface area (Å²) in [5.41, 5.74) is 0. The zero-order valence-electron chi connectivity index (χ0n) is 10.8. The molecule has 2 nitrogen and oxygen atoms in total. The van der Waals surface area contributed by atoms with Gasteiger partial charge < -0.3 is 5.32 Å². The van der Waals surface area contributed by atoms with E-state index in [9.17, 15) is 4.21 Å². The molecule has 1 aliphatic rings. The van der Waals surface area contributed by atoms with Crippen LogP contribution < -0.4 is 5.32 Å². The lowest BCUT2D eigenvalue weighted by Crippen LogP contribution is -2.22. The van der Waals surface area contributed by atoms with Crippen LogP contribution in [0.4, 0.5) is 0 Å². The van der Waals surface area contributed by atoms with Crippen LogP contribution in [0.3, 0.4) is 0 Å². The maximum Gasteiger partial charge on any atom is 0.0348 e. The molecule has 0 aromatic carbocycles. The first kappa shape index (κ1) is 14.2. The minimum Gasteiger partial charge on any atom is -0.317 e. The van der Waals surface area contributed by atoms with Crippen LogP contribution in [-0.2, 0) is 10.8 Å². The summed E-state index contributed by atoms with van der Waals surface area (Å²) in [5, 5.41) is 3.76. The van der Waals surface area contributed by atoms with Gasteiger partial charge in [-0.25, -0.2) is 0 Å². The molecule has 0 saturated heterocycles. The van der Waals surface area contributed by atoms with Crippen molar-refractivity contribution < 1.29 is 4.21 Å². The number of nitrogens with one attached hydrogen (secondary N) is 1. The van der Waals surface area contributed by atoms with E-state index in [1.807, 2.05) is 7.05 Å². The van der Waals surface area contributed by atoms with Crippen LogP contribution in [0.15, 0.2) is 0 Å². The second-order valence-electron chi connectivity index (χ2n) is 5.03. The molecule has 96 valence electrons. The minimum atomic E-state index is -0.544. The van der Waals surface area contributed by atoms with Crippen molar-refractivity contribution in [2.75, 3.05) is 12.8 Å². The summed E-state index contributed by atoms with van der Waals surface area (Å²) in [7, 11) is 1.46. The summed E-state index contributed by atoms with van der Waals surface area (Å²) in [5.74, 6) is 0.932. The first-order valence-corrected chi connectivity index (χ1v) is 8.16. The average molecular weight is 245 g/mol. The Kier molecular flexibility index (Phi) is 7.30. The minimum absolute atomic E-state index is 0.524. The van der Waals surface area contributed by atoms with Crippen molar-refractivity contribution in [2.45, 2.75) is 69.6 Å². The molecule has 1 aliphatic carbocycles. The van der Waals surface area contributed by atoms with E-state index in [-0.39, 0.29) is 0 Å². The maximum absolute atomic E-state index is 12.0. The summed E-state index contributed by atoms with van der Waals surface area (Å²) < 4.78 is 12.0. The third-order valence-corrected chi connectivity index (χ3v) is 5.56. The molecule has 0 radical (unpaired) electrons. The van der Waals surface area contributed by atoms with Gasteiger partial charge in [0.05, 0.1) is 0 Å². The van der Waals surface area contributed by atoms with Crippen molar-refractivity contribution in [3.05, 3.63) is 0 Å². The lowest BCUT2D eigenvalue weighted by Gasteiger charge is -2.20. The Morgan fingerprint density at radius 3 is 2.56 bits per heavy atom. The molecule has 2 unspecified atom stereocenters. The van der Waals surface area contributed by atoms with Gasteiger partial charge in [-0.1, -0.05) is 25.7 Å². The molecule has 16 heavy (non-hydrogen) atoms. The zero-order valence-corrected chi connectivity index (χ0v) is 11.7. The molecule has 0 bridgehead atoms. The Balaban J connectivity index is 2.05. The van der Waals surface area contributed by atoms with Crippen LogP contribution in [0.25, 0.3) is 0 Å². The topological polar surface area (TPSA) is 29.1 Å². The lowest BCUT2D eigenvalue weighted by atomic mass is 10.0. The van der Waals surface area contributed by atoms with Crippen molar-refractivity contribution in [2.24, 2.45) is 0 Å². The van der Waals surface area contributed by atoms with Gasteiger partial charge in [0, 0.05) is 27.8 Å². The summed E-state index contributed by atoms with van der Waals surface area (Å²) in [6.07, 6.45) is 9.92. The van der Waals surface area contributed by atoms with Gasteiger partial charge in [0.25, 0.3) is 0 Å². The Morgan fingerprint density at radius 1 is 1.25 bits per heavy atom. The molecule has 0 aromatic rings. The van der Waals surface area contributed by atoms with Crippen molar-refractivity contribution in [1.82, 2.24) is 5.32 Å². The fourth-order valence-corrected chi connectivity index (χ4v) is 4.01. The summed E-state index contributed by atoms with van der Waals surface area (Å²) in [4.78, 5) is 0. The monoisotopic (exact) mass is 245 g/mol. The fraction of sp³-hybridized carbons (Fsp3) is 1.00. The second kappa shape index (κ2) is 8.24. The van der Waals surface area contributed by atoms with Gasteiger partial charge in [0.15, 0.2) is 0 Å². The molecule has 1 N–H and O–H groups in total. The fourth-order valence-electron chi connectivity index (χ4n) is 2.33. The number of hydrogen-bond donors (Lipinski definition) is 1. The first-order chi connectivity index (χ1) is 7.74. The lowest BCUT2D eigenvalue weighted by molar-refractivity contribution is 0.502. The van der Waals surface area contributed by atoms with Crippen molar-refractivity contribution >= 4 is 10.8 Å². The molecule has 0 amide bonds. The predicted octanol–water partition coefficient (Wildman–Crippen LogP) is 2.85. The van der Waals surface area contributed by atoms with E-state index in [1.54, 1.807) is 0 Å². The SMILES string of the molecule is CNC(C)CCCCS(=O)C1CCCCC1. The van der Waals surface area contributed by atoms with E-state index < -0.39 is 10.8 Å². The number of hydrogen-bond acceptors (Lipinski definition) is 2. The highest BCUT2D eigenvalue weighted by atomic mass is 32.2. The van der Waals surface area contributed by atoms with E-state index in [4.69, 9.17) is 0 Å². The van der Waals surface area contributed by atoms with Gasteiger partial charge in [0.1, 0.15) is 0 Å². The van der Waals surface area contributed by atoms with E-state index >= 15 is 0 Å². The maximum atomic E-state index is 12.0. The van der Waals surface area contributed by atoms with Crippen LogP contribution in [-0.4, -0.2) is 28.3 Å². The van der Waals surface area contributed by atoms with E-state index in [0.29, 0.717) is 11.3 Å². The van der Waals surface area contributed by atoms with E-state index in [0.717, 1.165) is 12.2 Å². The van der Waals surface area contributed by atoms with Gasteiger partial charge in [-0.3, -0.25) is 4.21 Å². The van der Waals surface area contributed by atoms with Gasteiger partial charge in [-0.2, -0.15) is 0 Å². The third-order valence-electron chi connectivity index (χ3n) is 3.65. The van der Waals surface area contributed by atoms with Gasteiger partial charge >= 0.3 is 0 Å². The Labute approximate surface area is 103 Å². The van der Waals surface area contributed by atoms with Crippen LogP contribution in [0.2, 0.25) is 0 Å². The first-order valence-electron chi connectivity index (χ1n) is 6.78. The van der Waals surface area contributed by atoms with Crippen LogP contribution >= 0.6 is 0 Å². The van der Waals surface area contributed by atoms with Crippen molar-refractivity contribution in [3.63, 3.8) is 0 Å². The highest BCUT2D eigenvalue weighted by Crippen LogP contribution is 2.22.